The quantitative estimate of drug-likeness (QED) is 0.430. The third-order valence-electron chi connectivity index (χ3n) is 4.58. The number of carbonyl (C=O) groups is 1. The zero-order chi connectivity index (χ0) is 19.1. The van der Waals surface area contributed by atoms with Crippen LogP contribution in [0, 0.1) is 5.92 Å². The lowest BCUT2D eigenvalue weighted by Crippen LogP contribution is -2.33. The molecular formula is C20H27NO3S2. The summed E-state index contributed by atoms with van der Waals surface area (Å²) in [6.45, 7) is 5.07. The highest BCUT2D eigenvalue weighted by molar-refractivity contribution is 8.26. The summed E-state index contributed by atoms with van der Waals surface area (Å²) in [5.74, 6) is 1.87. The summed E-state index contributed by atoms with van der Waals surface area (Å²) >= 11 is 6.83. The topological polar surface area (TPSA) is 38.8 Å². The van der Waals surface area contributed by atoms with Crippen molar-refractivity contribution in [3.05, 3.63) is 28.7 Å². The van der Waals surface area contributed by atoms with Crippen molar-refractivity contribution < 1.29 is 14.3 Å². The number of methoxy groups -OCH3 is 2. The molecule has 26 heavy (non-hydrogen) atoms. The molecule has 1 aromatic carbocycles. The van der Waals surface area contributed by atoms with E-state index in [-0.39, 0.29) is 5.91 Å². The lowest BCUT2D eigenvalue weighted by Gasteiger charge is -2.21. The first-order valence-electron chi connectivity index (χ1n) is 9.01. The van der Waals surface area contributed by atoms with Crippen molar-refractivity contribution in [2.45, 2.75) is 39.5 Å². The number of carbonyl (C=O) groups excluding carboxylic acids is 1. The number of thioether (sulfide) groups is 1. The minimum absolute atomic E-state index is 0.00665. The van der Waals surface area contributed by atoms with Gasteiger partial charge in [-0.2, -0.15) is 0 Å². The molecular weight excluding hydrogens is 366 g/mol. The van der Waals surface area contributed by atoms with Crippen molar-refractivity contribution in [1.82, 2.24) is 4.90 Å². The molecule has 2 rings (SSSR count). The summed E-state index contributed by atoms with van der Waals surface area (Å²) < 4.78 is 11.3. The predicted octanol–water partition coefficient (Wildman–Crippen LogP) is 5.12. The summed E-state index contributed by atoms with van der Waals surface area (Å²) in [7, 11) is 3.22. The van der Waals surface area contributed by atoms with Gasteiger partial charge >= 0.3 is 0 Å². The Bertz CT molecular complexity index is 688. The molecule has 142 valence electrons. The molecule has 1 aliphatic rings. The number of unbranched alkanes of at least 4 members (excludes halogenated alkanes) is 1. The van der Waals surface area contributed by atoms with E-state index in [2.05, 4.69) is 13.8 Å². The van der Waals surface area contributed by atoms with E-state index in [0.29, 0.717) is 33.2 Å². The monoisotopic (exact) mass is 393 g/mol. The van der Waals surface area contributed by atoms with Crippen molar-refractivity contribution in [3.63, 3.8) is 0 Å². The fourth-order valence-corrected chi connectivity index (χ4v) is 4.18. The van der Waals surface area contributed by atoms with E-state index in [1.54, 1.807) is 19.1 Å². The van der Waals surface area contributed by atoms with Crippen molar-refractivity contribution in [2.24, 2.45) is 5.92 Å². The molecule has 1 saturated heterocycles. The van der Waals surface area contributed by atoms with Crippen molar-refractivity contribution >= 4 is 40.3 Å². The second kappa shape index (κ2) is 9.97. The van der Waals surface area contributed by atoms with Gasteiger partial charge < -0.3 is 9.47 Å². The molecule has 1 aliphatic heterocycles. The van der Waals surface area contributed by atoms with Gasteiger partial charge in [-0.15, -0.1) is 0 Å². The SMILES string of the molecule is CCCC[C@H](CC)CN1C(=O)/C(=C/c2ccc(OC)cc2OC)SC1=S. The normalized spacial score (nSPS) is 17.1. The van der Waals surface area contributed by atoms with Gasteiger partial charge in [-0.05, 0) is 30.5 Å². The van der Waals surface area contributed by atoms with Gasteiger partial charge in [0.05, 0.1) is 19.1 Å². The molecule has 1 fully saturated rings. The molecule has 0 unspecified atom stereocenters. The molecule has 1 amide bonds. The van der Waals surface area contributed by atoms with Crippen LogP contribution >= 0.6 is 24.0 Å². The standard InChI is InChI=1S/C20H27NO3S2/c1-5-7-8-14(6-2)13-21-19(22)18(26-20(21)25)11-15-9-10-16(23-3)12-17(15)24-4/h9-12,14H,5-8,13H2,1-4H3/b18-11-/t14-/m0/s1. The smallest absolute Gasteiger partial charge is 0.266 e. The Hall–Kier alpha value is -1.53. The molecule has 6 heteroatoms. The Morgan fingerprint density at radius 2 is 2.04 bits per heavy atom. The summed E-state index contributed by atoms with van der Waals surface area (Å²) in [6, 6.07) is 5.55. The van der Waals surface area contributed by atoms with Gasteiger partial charge in [0, 0.05) is 18.2 Å². The average molecular weight is 394 g/mol. The number of hydrogen-bond donors (Lipinski definition) is 0. The molecule has 4 nitrogen and oxygen atoms in total. The van der Waals surface area contributed by atoms with Crippen LogP contribution in [0.4, 0.5) is 0 Å². The first kappa shape index (κ1) is 20.8. The van der Waals surface area contributed by atoms with Crippen LogP contribution in [0.1, 0.15) is 45.1 Å². The Morgan fingerprint density at radius 3 is 2.65 bits per heavy atom. The average Bonchev–Trinajstić information content (AvgIpc) is 2.92. The van der Waals surface area contributed by atoms with Crippen LogP contribution in [-0.4, -0.2) is 35.9 Å². The minimum Gasteiger partial charge on any atom is -0.497 e. The number of thiocarbonyl (C=S) groups is 1. The maximum Gasteiger partial charge on any atom is 0.266 e. The molecule has 0 N–H and O–H groups in total. The summed E-state index contributed by atoms with van der Waals surface area (Å²) in [5.41, 5.74) is 0.840. The van der Waals surface area contributed by atoms with E-state index in [1.807, 2.05) is 24.3 Å². The van der Waals surface area contributed by atoms with Crippen LogP contribution in [0.3, 0.4) is 0 Å². The van der Waals surface area contributed by atoms with Crippen molar-refractivity contribution in [1.29, 1.82) is 0 Å². The Balaban J connectivity index is 2.18. The van der Waals surface area contributed by atoms with E-state index in [0.717, 1.165) is 18.4 Å². The van der Waals surface area contributed by atoms with Crippen molar-refractivity contribution in [2.75, 3.05) is 20.8 Å². The van der Waals surface area contributed by atoms with Crippen LogP contribution in [0.5, 0.6) is 11.5 Å². The van der Waals surface area contributed by atoms with Gasteiger partial charge in [-0.25, -0.2) is 0 Å². The van der Waals surface area contributed by atoms with Crippen LogP contribution in [-0.2, 0) is 4.79 Å². The summed E-state index contributed by atoms with van der Waals surface area (Å²) in [6.07, 6.45) is 6.40. The number of amides is 1. The van der Waals surface area contributed by atoms with Crippen LogP contribution < -0.4 is 9.47 Å². The molecule has 0 saturated carbocycles. The van der Waals surface area contributed by atoms with Gasteiger partial charge in [-0.1, -0.05) is 57.1 Å². The number of hydrogen-bond acceptors (Lipinski definition) is 5. The van der Waals surface area contributed by atoms with E-state index in [9.17, 15) is 4.79 Å². The first-order chi connectivity index (χ1) is 12.5. The fourth-order valence-electron chi connectivity index (χ4n) is 2.91. The van der Waals surface area contributed by atoms with Gasteiger partial charge in [-0.3, -0.25) is 9.69 Å². The highest BCUT2D eigenvalue weighted by atomic mass is 32.2. The lowest BCUT2D eigenvalue weighted by molar-refractivity contribution is -0.122. The molecule has 0 aromatic heterocycles. The molecule has 0 bridgehead atoms. The highest BCUT2D eigenvalue weighted by Crippen LogP contribution is 2.36. The lowest BCUT2D eigenvalue weighted by atomic mass is 9.99. The molecule has 0 spiro atoms. The second-order valence-electron chi connectivity index (χ2n) is 6.32. The molecule has 0 aliphatic carbocycles. The van der Waals surface area contributed by atoms with Gasteiger partial charge in [0.2, 0.25) is 0 Å². The van der Waals surface area contributed by atoms with Crippen molar-refractivity contribution in [3.8, 4) is 11.5 Å². The van der Waals surface area contributed by atoms with Crippen LogP contribution in [0.15, 0.2) is 23.1 Å². The van der Waals surface area contributed by atoms with Gasteiger partial charge in [0.15, 0.2) is 0 Å². The predicted molar refractivity (Wildman–Crippen MR) is 113 cm³/mol. The zero-order valence-corrected chi connectivity index (χ0v) is 17.5. The minimum atomic E-state index is -0.00665. The maximum atomic E-state index is 12.9. The molecule has 1 aromatic rings. The number of rotatable bonds is 9. The van der Waals surface area contributed by atoms with Gasteiger partial charge in [0.25, 0.3) is 5.91 Å². The fraction of sp³-hybridized carbons (Fsp3) is 0.500. The van der Waals surface area contributed by atoms with E-state index in [4.69, 9.17) is 21.7 Å². The number of benzene rings is 1. The second-order valence-corrected chi connectivity index (χ2v) is 7.99. The number of ether oxygens (including phenoxy) is 2. The van der Waals surface area contributed by atoms with Crippen LogP contribution in [0.25, 0.3) is 6.08 Å². The van der Waals surface area contributed by atoms with E-state index < -0.39 is 0 Å². The molecule has 1 atom stereocenters. The Morgan fingerprint density at radius 1 is 1.27 bits per heavy atom. The highest BCUT2D eigenvalue weighted by Gasteiger charge is 2.33. The largest absolute Gasteiger partial charge is 0.497 e. The first-order valence-corrected chi connectivity index (χ1v) is 10.2. The molecule has 1 heterocycles. The molecule has 0 radical (unpaired) electrons. The summed E-state index contributed by atoms with van der Waals surface area (Å²) in [4.78, 5) is 15.3. The zero-order valence-electron chi connectivity index (χ0n) is 15.9. The third kappa shape index (κ3) is 5.01. The Kier molecular flexibility index (Phi) is 7.97. The van der Waals surface area contributed by atoms with E-state index >= 15 is 0 Å². The van der Waals surface area contributed by atoms with Gasteiger partial charge in [0.1, 0.15) is 15.8 Å². The third-order valence-corrected chi connectivity index (χ3v) is 5.96. The number of nitrogens with zero attached hydrogens (tertiary/aromatic N) is 1. The summed E-state index contributed by atoms with van der Waals surface area (Å²) in [5, 5.41) is 0. The Labute approximate surface area is 165 Å². The van der Waals surface area contributed by atoms with Crippen LogP contribution in [0.2, 0.25) is 0 Å². The van der Waals surface area contributed by atoms with E-state index in [1.165, 1.54) is 24.6 Å². The maximum absolute atomic E-state index is 12.9.